The smallest absolute Gasteiger partial charge is 0.262 e. The number of nitrogens with one attached hydrogen (secondary N) is 1. The van der Waals surface area contributed by atoms with Gasteiger partial charge < -0.3 is 30.3 Å². The van der Waals surface area contributed by atoms with Gasteiger partial charge >= 0.3 is 0 Å². The van der Waals surface area contributed by atoms with Gasteiger partial charge in [-0.3, -0.25) is 4.79 Å². The second kappa shape index (κ2) is 10.6. The van der Waals surface area contributed by atoms with Gasteiger partial charge in [0.2, 0.25) is 0 Å². The van der Waals surface area contributed by atoms with Crippen molar-refractivity contribution in [1.82, 2.24) is 5.32 Å². The van der Waals surface area contributed by atoms with E-state index in [1.165, 1.54) is 6.08 Å². The number of benzene rings is 2. The first-order valence-electron chi connectivity index (χ1n) is 10.7. The zero-order valence-corrected chi connectivity index (χ0v) is 18.2. The van der Waals surface area contributed by atoms with Crippen LogP contribution in [0.4, 0.5) is 5.69 Å². The molecule has 2 aromatic rings. The molecule has 1 aliphatic heterocycles. The third-order valence-electron chi connectivity index (χ3n) is 5.72. The van der Waals surface area contributed by atoms with Gasteiger partial charge in [-0.1, -0.05) is 18.2 Å². The molecule has 4 N–H and O–H groups in total. The SMILES string of the molecule is CCN(CC)c1ccc2cc(C=C(C#N)C(=O)NCC3OCC(O)C(O)C3O)ccc2c1. The molecule has 0 radical (unpaired) electrons. The molecule has 1 amide bonds. The van der Waals surface area contributed by atoms with Crippen LogP contribution in [0.3, 0.4) is 0 Å². The highest BCUT2D eigenvalue weighted by Gasteiger charge is 2.37. The summed E-state index contributed by atoms with van der Waals surface area (Å²) in [6.45, 7) is 5.82. The molecule has 1 heterocycles. The van der Waals surface area contributed by atoms with Gasteiger partial charge in [-0.05, 0) is 54.5 Å². The number of carbonyl (C=O) groups excluding carboxylic acids is 1. The van der Waals surface area contributed by atoms with Gasteiger partial charge in [-0.25, -0.2) is 0 Å². The molecule has 0 bridgehead atoms. The Morgan fingerprint density at radius 2 is 1.84 bits per heavy atom. The second-order valence-electron chi connectivity index (χ2n) is 7.76. The van der Waals surface area contributed by atoms with Crippen molar-refractivity contribution in [2.45, 2.75) is 38.3 Å². The number of hydrogen-bond donors (Lipinski definition) is 4. The topological polar surface area (TPSA) is 126 Å². The van der Waals surface area contributed by atoms with Crippen molar-refractivity contribution >= 4 is 28.4 Å². The summed E-state index contributed by atoms with van der Waals surface area (Å²) in [6.07, 6.45) is -3.24. The minimum Gasteiger partial charge on any atom is -0.388 e. The average molecular weight is 440 g/mol. The summed E-state index contributed by atoms with van der Waals surface area (Å²) in [7, 11) is 0. The largest absolute Gasteiger partial charge is 0.388 e. The molecular formula is C24H29N3O5. The number of ether oxygens (including phenoxy) is 1. The molecule has 0 saturated carbocycles. The zero-order valence-electron chi connectivity index (χ0n) is 18.2. The fourth-order valence-corrected chi connectivity index (χ4v) is 3.78. The Morgan fingerprint density at radius 1 is 1.16 bits per heavy atom. The van der Waals surface area contributed by atoms with Crippen molar-refractivity contribution in [2.75, 3.05) is 31.1 Å². The molecule has 1 saturated heterocycles. The number of amides is 1. The van der Waals surface area contributed by atoms with E-state index in [0.29, 0.717) is 5.56 Å². The van der Waals surface area contributed by atoms with Crippen LogP contribution in [0.15, 0.2) is 42.0 Å². The molecule has 8 heteroatoms. The van der Waals surface area contributed by atoms with Crippen molar-refractivity contribution in [1.29, 1.82) is 5.26 Å². The normalized spacial score (nSPS) is 23.6. The summed E-state index contributed by atoms with van der Waals surface area (Å²) < 4.78 is 5.27. The first kappa shape index (κ1) is 23.7. The van der Waals surface area contributed by atoms with Gasteiger partial charge in [0.1, 0.15) is 36.1 Å². The van der Waals surface area contributed by atoms with E-state index in [0.717, 1.165) is 29.5 Å². The highest BCUT2D eigenvalue weighted by Crippen LogP contribution is 2.24. The Balaban J connectivity index is 1.71. The predicted molar refractivity (Wildman–Crippen MR) is 122 cm³/mol. The van der Waals surface area contributed by atoms with Gasteiger partial charge in [0.15, 0.2) is 0 Å². The fraction of sp³-hybridized carbons (Fsp3) is 0.417. The Kier molecular flexibility index (Phi) is 7.83. The van der Waals surface area contributed by atoms with E-state index in [2.05, 4.69) is 36.2 Å². The molecule has 170 valence electrons. The minimum atomic E-state index is -1.35. The van der Waals surface area contributed by atoms with Crippen LogP contribution in [0.5, 0.6) is 0 Å². The van der Waals surface area contributed by atoms with Crippen LogP contribution in [0.1, 0.15) is 19.4 Å². The van der Waals surface area contributed by atoms with Crippen LogP contribution in [0.25, 0.3) is 16.8 Å². The second-order valence-corrected chi connectivity index (χ2v) is 7.76. The van der Waals surface area contributed by atoms with Gasteiger partial charge in [0.25, 0.3) is 5.91 Å². The lowest BCUT2D eigenvalue weighted by molar-refractivity contribution is -0.185. The van der Waals surface area contributed by atoms with Crippen molar-refractivity contribution in [2.24, 2.45) is 0 Å². The first-order chi connectivity index (χ1) is 15.4. The van der Waals surface area contributed by atoms with E-state index in [4.69, 9.17) is 4.74 Å². The molecule has 4 atom stereocenters. The first-order valence-corrected chi connectivity index (χ1v) is 10.7. The molecule has 1 fully saturated rings. The van der Waals surface area contributed by atoms with E-state index in [1.807, 2.05) is 30.3 Å². The Morgan fingerprint density at radius 3 is 2.53 bits per heavy atom. The van der Waals surface area contributed by atoms with E-state index in [1.54, 1.807) is 0 Å². The van der Waals surface area contributed by atoms with E-state index < -0.39 is 30.3 Å². The molecule has 8 nitrogen and oxygen atoms in total. The van der Waals surface area contributed by atoms with Gasteiger partial charge in [0.05, 0.1) is 6.61 Å². The number of hydrogen-bond acceptors (Lipinski definition) is 7. The Hall–Kier alpha value is -2.96. The fourth-order valence-electron chi connectivity index (χ4n) is 3.78. The molecule has 0 aromatic heterocycles. The van der Waals surface area contributed by atoms with Gasteiger partial charge in [-0.2, -0.15) is 5.26 Å². The van der Waals surface area contributed by atoms with Crippen molar-refractivity contribution in [3.05, 3.63) is 47.5 Å². The number of anilines is 1. The lowest BCUT2D eigenvalue weighted by atomic mass is 10.00. The monoisotopic (exact) mass is 439 g/mol. The number of nitriles is 1. The maximum absolute atomic E-state index is 12.5. The number of rotatable bonds is 7. The number of fused-ring (bicyclic) bond motifs is 1. The van der Waals surface area contributed by atoms with Gasteiger partial charge in [-0.15, -0.1) is 0 Å². The summed E-state index contributed by atoms with van der Waals surface area (Å²) in [5, 5.41) is 43.3. The zero-order chi connectivity index (χ0) is 23.3. The number of aliphatic hydroxyl groups excluding tert-OH is 3. The summed E-state index contributed by atoms with van der Waals surface area (Å²) in [4.78, 5) is 14.7. The Labute approximate surface area is 187 Å². The standard InChI is InChI=1S/C24H29N3O5/c1-3-27(4-2)19-8-7-16-9-15(5-6-17(16)11-19)10-18(12-25)24(31)26-13-21-23(30)22(29)20(28)14-32-21/h5-11,20-23,28-30H,3-4,13-14H2,1-2H3,(H,26,31). The van der Waals surface area contributed by atoms with Gasteiger partial charge in [0, 0.05) is 25.3 Å². The molecule has 1 aliphatic rings. The molecular weight excluding hydrogens is 410 g/mol. The van der Waals surface area contributed by atoms with Crippen LogP contribution in [-0.2, 0) is 9.53 Å². The van der Waals surface area contributed by atoms with Crippen LogP contribution in [0.2, 0.25) is 0 Å². The van der Waals surface area contributed by atoms with E-state index in [-0.39, 0.29) is 18.7 Å². The maximum atomic E-state index is 12.5. The molecule has 32 heavy (non-hydrogen) atoms. The Bertz CT molecular complexity index is 1030. The molecule has 2 aromatic carbocycles. The van der Waals surface area contributed by atoms with E-state index >= 15 is 0 Å². The van der Waals surface area contributed by atoms with Crippen LogP contribution in [-0.4, -0.2) is 71.9 Å². The van der Waals surface area contributed by atoms with Crippen molar-refractivity contribution < 1.29 is 24.9 Å². The molecule has 4 unspecified atom stereocenters. The maximum Gasteiger partial charge on any atom is 0.262 e. The van der Waals surface area contributed by atoms with Crippen LogP contribution >= 0.6 is 0 Å². The van der Waals surface area contributed by atoms with Crippen LogP contribution < -0.4 is 10.2 Å². The number of carbonyl (C=O) groups is 1. The third-order valence-corrected chi connectivity index (χ3v) is 5.72. The van der Waals surface area contributed by atoms with Crippen molar-refractivity contribution in [3.8, 4) is 6.07 Å². The minimum absolute atomic E-state index is 0.0880. The lowest BCUT2D eigenvalue weighted by Crippen LogP contribution is -2.56. The third kappa shape index (κ3) is 5.26. The molecule has 0 aliphatic carbocycles. The van der Waals surface area contributed by atoms with Crippen molar-refractivity contribution in [3.63, 3.8) is 0 Å². The van der Waals surface area contributed by atoms with E-state index in [9.17, 15) is 25.4 Å². The average Bonchev–Trinajstić information content (AvgIpc) is 2.81. The molecule has 3 rings (SSSR count). The quantitative estimate of drug-likeness (QED) is 0.377. The summed E-state index contributed by atoms with van der Waals surface area (Å²) in [6, 6.07) is 13.8. The molecule has 0 spiro atoms. The number of aliphatic hydroxyl groups is 3. The number of nitrogens with zero attached hydrogens (tertiary/aromatic N) is 2. The van der Waals surface area contributed by atoms with Crippen LogP contribution in [0, 0.1) is 11.3 Å². The predicted octanol–water partition coefficient (Wildman–Crippen LogP) is 1.19. The summed E-state index contributed by atoms with van der Waals surface area (Å²) >= 11 is 0. The highest BCUT2D eigenvalue weighted by molar-refractivity contribution is 6.02. The lowest BCUT2D eigenvalue weighted by Gasteiger charge is -2.35. The summed E-state index contributed by atoms with van der Waals surface area (Å²) in [5.74, 6) is -0.610. The highest BCUT2D eigenvalue weighted by atomic mass is 16.5. The summed E-state index contributed by atoms with van der Waals surface area (Å²) in [5.41, 5.74) is 1.77.